The molecule has 0 spiro atoms. The molecule has 2 heterocycles. The van der Waals surface area contributed by atoms with Crippen molar-refractivity contribution < 1.29 is 9.47 Å². The maximum absolute atomic E-state index is 5.74. The van der Waals surface area contributed by atoms with E-state index in [9.17, 15) is 0 Å². The van der Waals surface area contributed by atoms with Gasteiger partial charge in [0, 0.05) is 28.0 Å². The highest BCUT2D eigenvalue weighted by Gasteiger charge is 2.19. The van der Waals surface area contributed by atoms with Crippen LogP contribution in [0.5, 0.6) is 11.5 Å². The van der Waals surface area contributed by atoms with Crippen molar-refractivity contribution in [2.45, 2.75) is 19.3 Å². The fourth-order valence-corrected chi connectivity index (χ4v) is 3.83. The molecule has 2 aromatic heterocycles. The molecule has 0 unspecified atom stereocenters. The minimum absolute atomic E-state index is 0.697. The van der Waals surface area contributed by atoms with E-state index in [0.29, 0.717) is 6.54 Å². The normalized spacial score (nSPS) is 11.2. The number of ether oxygens (including phenoxy) is 2. The molecule has 0 fully saturated rings. The predicted molar refractivity (Wildman–Crippen MR) is 114 cm³/mol. The Morgan fingerprint density at radius 2 is 1.89 bits per heavy atom. The Bertz CT molecular complexity index is 1120. The highest BCUT2D eigenvalue weighted by atomic mass is 16.5. The summed E-state index contributed by atoms with van der Waals surface area (Å²) in [5.74, 6) is 1.68. The van der Waals surface area contributed by atoms with Crippen molar-refractivity contribution in [1.29, 1.82) is 0 Å². The minimum atomic E-state index is 0.697. The Morgan fingerprint density at radius 1 is 1.00 bits per heavy atom. The smallest absolute Gasteiger partial charge is 0.128 e. The summed E-state index contributed by atoms with van der Waals surface area (Å²) < 4.78 is 11.2. The molecule has 0 aliphatic heterocycles. The molecule has 0 radical (unpaired) electrons. The van der Waals surface area contributed by atoms with Crippen LogP contribution >= 0.6 is 0 Å². The maximum Gasteiger partial charge on any atom is 0.128 e. The third kappa shape index (κ3) is 3.18. The molecular formula is C23H25N3O2. The Kier molecular flexibility index (Phi) is 5.17. The first-order valence-electron chi connectivity index (χ1n) is 9.57. The largest absolute Gasteiger partial charge is 0.497 e. The van der Waals surface area contributed by atoms with Gasteiger partial charge in [0.1, 0.15) is 11.5 Å². The molecule has 0 amide bonds. The van der Waals surface area contributed by atoms with E-state index in [2.05, 4.69) is 28.2 Å². The first-order valence-corrected chi connectivity index (χ1v) is 9.57. The van der Waals surface area contributed by atoms with Crippen molar-refractivity contribution in [2.24, 2.45) is 5.73 Å². The summed E-state index contributed by atoms with van der Waals surface area (Å²) in [5.41, 5.74) is 11.2. The summed E-state index contributed by atoms with van der Waals surface area (Å²) in [6.45, 7) is 0.697. The number of fused-ring (bicyclic) bond motifs is 2. The molecule has 0 saturated carbocycles. The van der Waals surface area contributed by atoms with Crippen molar-refractivity contribution in [3.8, 4) is 22.8 Å². The van der Waals surface area contributed by atoms with Gasteiger partial charge in [0.15, 0.2) is 0 Å². The molecule has 144 valence electrons. The van der Waals surface area contributed by atoms with Crippen LogP contribution in [0.4, 0.5) is 0 Å². The number of aromatic nitrogens is 2. The standard InChI is InChI=1S/C23H25N3O2/c1-27-15-8-9-20-18(14-15)16(6-3-4-12-24)23(26-20)22-17-7-5-13-25-19(17)10-11-21(22)28-2/h5,7-11,13-14,26H,3-4,6,12,24H2,1-2H3. The van der Waals surface area contributed by atoms with Crippen LogP contribution in [-0.4, -0.2) is 30.7 Å². The van der Waals surface area contributed by atoms with E-state index in [-0.39, 0.29) is 0 Å². The zero-order valence-electron chi connectivity index (χ0n) is 16.3. The van der Waals surface area contributed by atoms with Gasteiger partial charge < -0.3 is 20.2 Å². The molecule has 0 aliphatic carbocycles. The Labute approximate surface area is 164 Å². The van der Waals surface area contributed by atoms with Crippen molar-refractivity contribution in [3.05, 3.63) is 54.2 Å². The van der Waals surface area contributed by atoms with E-state index in [1.165, 1.54) is 10.9 Å². The van der Waals surface area contributed by atoms with Crippen LogP contribution in [-0.2, 0) is 6.42 Å². The van der Waals surface area contributed by atoms with Crippen LogP contribution in [0, 0.1) is 0 Å². The van der Waals surface area contributed by atoms with Gasteiger partial charge in [-0.15, -0.1) is 0 Å². The summed E-state index contributed by atoms with van der Waals surface area (Å²) in [6.07, 6.45) is 4.76. The summed E-state index contributed by atoms with van der Waals surface area (Å²) >= 11 is 0. The topological polar surface area (TPSA) is 73.2 Å². The molecule has 4 aromatic rings. The van der Waals surface area contributed by atoms with Crippen LogP contribution in [0.3, 0.4) is 0 Å². The van der Waals surface area contributed by atoms with Gasteiger partial charge in [-0.2, -0.15) is 0 Å². The number of nitrogens with one attached hydrogen (secondary N) is 1. The maximum atomic E-state index is 5.74. The summed E-state index contributed by atoms with van der Waals surface area (Å²) in [6, 6.07) is 14.2. The Hall–Kier alpha value is -3.05. The monoisotopic (exact) mass is 375 g/mol. The average molecular weight is 375 g/mol. The molecule has 5 nitrogen and oxygen atoms in total. The molecule has 3 N–H and O–H groups in total. The lowest BCUT2D eigenvalue weighted by Crippen LogP contribution is -2.00. The first-order chi connectivity index (χ1) is 13.8. The zero-order chi connectivity index (χ0) is 19.5. The van der Waals surface area contributed by atoms with E-state index >= 15 is 0 Å². The highest BCUT2D eigenvalue weighted by molar-refractivity contribution is 6.02. The number of aryl methyl sites for hydroxylation is 1. The lowest BCUT2D eigenvalue weighted by atomic mass is 9.97. The third-order valence-electron chi connectivity index (χ3n) is 5.21. The van der Waals surface area contributed by atoms with Gasteiger partial charge in [-0.3, -0.25) is 4.98 Å². The molecule has 0 saturated heterocycles. The van der Waals surface area contributed by atoms with Gasteiger partial charge in [0.05, 0.1) is 25.4 Å². The van der Waals surface area contributed by atoms with E-state index in [4.69, 9.17) is 15.2 Å². The molecule has 2 aromatic carbocycles. The minimum Gasteiger partial charge on any atom is -0.497 e. The molecular weight excluding hydrogens is 350 g/mol. The molecule has 0 aliphatic rings. The van der Waals surface area contributed by atoms with Crippen LogP contribution in [0.2, 0.25) is 0 Å². The Balaban J connectivity index is 2.00. The number of methoxy groups -OCH3 is 2. The molecule has 28 heavy (non-hydrogen) atoms. The van der Waals surface area contributed by atoms with Gasteiger partial charge in [-0.25, -0.2) is 0 Å². The first kappa shape index (κ1) is 18.3. The second kappa shape index (κ2) is 7.90. The quantitative estimate of drug-likeness (QED) is 0.460. The van der Waals surface area contributed by atoms with Gasteiger partial charge >= 0.3 is 0 Å². The number of unbranched alkanes of at least 4 members (excludes halogenated alkanes) is 1. The number of rotatable bonds is 7. The molecule has 4 rings (SSSR count). The van der Waals surface area contributed by atoms with Crippen LogP contribution in [0.15, 0.2) is 48.7 Å². The van der Waals surface area contributed by atoms with Crippen molar-refractivity contribution in [2.75, 3.05) is 20.8 Å². The van der Waals surface area contributed by atoms with Crippen LogP contribution in [0.25, 0.3) is 33.1 Å². The lowest BCUT2D eigenvalue weighted by molar-refractivity contribution is 0.415. The SMILES string of the molecule is COc1ccc2[nH]c(-c3c(OC)ccc4ncccc34)c(CCCCN)c2c1. The summed E-state index contributed by atoms with van der Waals surface area (Å²) in [5, 5.41) is 2.25. The Morgan fingerprint density at radius 3 is 2.68 bits per heavy atom. The van der Waals surface area contributed by atoms with Gasteiger partial charge in [0.2, 0.25) is 0 Å². The summed E-state index contributed by atoms with van der Waals surface area (Å²) in [4.78, 5) is 8.15. The second-order valence-electron chi connectivity index (χ2n) is 6.85. The highest BCUT2D eigenvalue weighted by Crippen LogP contribution is 2.41. The molecule has 0 bridgehead atoms. The van der Waals surface area contributed by atoms with Gasteiger partial charge in [-0.1, -0.05) is 6.07 Å². The second-order valence-corrected chi connectivity index (χ2v) is 6.85. The van der Waals surface area contributed by atoms with E-state index in [1.807, 2.05) is 30.5 Å². The van der Waals surface area contributed by atoms with Crippen LogP contribution < -0.4 is 15.2 Å². The number of hydrogen-bond acceptors (Lipinski definition) is 4. The number of nitrogens with zero attached hydrogens (tertiary/aromatic N) is 1. The van der Waals surface area contributed by atoms with Gasteiger partial charge in [0.25, 0.3) is 0 Å². The van der Waals surface area contributed by atoms with Crippen molar-refractivity contribution in [3.63, 3.8) is 0 Å². The van der Waals surface area contributed by atoms with Crippen molar-refractivity contribution in [1.82, 2.24) is 9.97 Å². The number of benzene rings is 2. The van der Waals surface area contributed by atoms with Crippen molar-refractivity contribution >= 4 is 21.8 Å². The molecule has 0 atom stereocenters. The third-order valence-corrected chi connectivity index (χ3v) is 5.21. The fraction of sp³-hybridized carbons (Fsp3) is 0.261. The van der Waals surface area contributed by atoms with E-state index in [1.54, 1.807) is 14.2 Å². The lowest BCUT2D eigenvalue weighted by Gasteiger charge is -2.13. The fourth-order valence-electron chi connectivity index (χ4n) is 3.83. The number of H-pyrrole nitrogens is 1. The average Bonchev–Trinajstić information content (AvgIpc) is 3.10. The number of nitrogens with two attached hydrogens (primary N) is 1. The van der Waals surface area contributed by atoms with Gasteiger partial charge in [-0.05, 0) is 67.8 Å². The van der Waals surface area contributed by atoms with Crippen LogP contribution in [0.1, 0.15) is 18.4 Å². The number of pyridine rings is 1. The summed E-state index contributed by atoms with van der Waals surface area (Å²) in [7, 11) is 3.41. The number of aromatic amines is 1. The molecule has 5 heteroatoms. The number of hydrogen-bond donors (Lipinski definition) is 2. The van der Waals surface area contributed by atoms with E-state index in [0.717, 1.165) is 58.4 Å². The van der Waals surface area contributed by atoms with E-state index < -0.39 is 0 Å². The zero-order valence-corrected chi connectivity index (χ0v) is 16.3. The predicted octanol–water partition coefficient (Wildman–Crippen LogP) is 4.68.